The van der Waals surface area contributed by atoms with Crippen LogP contribution in [-0.2, 0) is 6.54 Å². The van der Waals surface area contributed by atoms with Gasteiger partial charge in [0.25, 0.3) is 5.91 Å². The largest absolute Gasteiger partial charge is 0.496 e. The fraction of sp³-hybridized carbons (Fsp3) is 0.240. The van der Waals surface area contributed by atoms with Gasteiger partial charge in [-0.3, -0.25) is 4.79 Å². The third-order valence-corrected chi connectivity index (χ3v) is 5.43. The smallest absolute Gasteiger partial charge is 0.258 e. The summed E-state index contributed by atoms with van der Waals surface area (Å²) in [5.41, 5.74) is 1.87. The van der Waals surface area contributed by atoms with Gasteiger partial charge in [-0.2, -0.15) is 0 Å². The molecule has 0 saturated carbocycles. The summed E-state index contributed by atoms with van der Waals surface area (Å²) in [6.45, 7) is 4.25. The van der Waals surface area contributed by atoms with E-state index in [2.05, 4.69) is 12.1 Å². The second-order valence-electron chi connectivity index (χ2n) is 7.48. The van der Waals surface area contributed by atoms with Crippen LogP contribution >= 0.6 is 0 Å². The molecule has 5 heteroatoms. The number of amides is 1. The van der Waals surface area contributed by atoms with Gasteiger partial charge < -0.3 is 19.3 Å². The molecule has 3 aromatic carbocycles. The van der Waals surface area contributed by atoms with Crippen molar-refractivity contribution in [2.24, 2.45) is 0 Å². The fourth-order valence-corrected chi connectivity index (χ4v) is 3.83. The summed E-state index contributed by atoms with van der Waals surface area (Å²) >= 11 is 0. The van der Waals surface area contributed by atoms with Gasteiger partial charge in [0, 0.05) is 5.56 Å². The number of para-hydroxylation sites is 2. The van der Waals surface area contributed by atoms with Crippen LogP contribution < -0.4 is 14.4 Å². The Balaban J connectivity index is 1.34. The number of carbonyl (C=O) groups excluding carboxylic acids is 1. The monoisotopic (exact) mass is 403 g/mol. The van der Waals surface area contributed by atoms with E-state index in [4.69, 9.17) is 9.47 Å². The number of methoxy groups -OCH3 is 1. The van der Waals surface area contributed by atoms with Crippen molar-refractivity contribution >= 4 is 5.91 Å². The summed E-state index contributed by atoms with van der Waals surface area (Å²) in [5, 5.41) is 0. The number of piperazine rings is 1. The Labute approximate surface area is 177 Å². The molecule has 1 N–H and O–H groups in total. The van der Waals surface area contributed by atoms with E-state index in [0.29, 0.717) is 11.3 Å². The molecule has 1 aliphatic rings. The zero-order valence-electron chi connectivity index (χ0n) is 17.2. The Morgan fingerprint density at radius 3 is 2.37 bits per heavy atom. The van der Waals surface area contributed by atoms with Crippen molar-refractivity contribution in [3.8, 4) is 17.2 Å². The molecule has 0 radical (unpaired) electrons. The maximum Gasteiger partial charge on any atom is 0.258 e. The molecule has 1 aliphatic heterocycles. The number of carbonyl (C=O) groups is 1. The SMILES string of the molecule is COc1ccccc1C(=O)N1CC[NH+](Cc2cccc(Oc3ccccc3)c2)CC1. The molecule has 0 unspecified atom stereocenters. The van der Waals surface area contributed by atoms with E-state index in [9.17, 15) is 4.79 Å². The topological polar surface area (TPSA) is 43.2 Å². The van der Waals surface area contributed by atoms with Gasteiger partial charge in [-0.15, -0.1) is 0 Å². The van der Waals surface area contributed by atoms with Crippen LogP contribution in [0, 0.1) is 0 Å². The first-order valence-electron chi connectivity index (χ1n) is 10.3. The van der Waals surface area contributed by atoms with E-state index < -0.39 is 0 Å². The van der Waals surface area contributed by atoms with Crippen LogP contribution in [0.1, 0.15) is 15.9 Å². The number of nitrogens with one attached hydrogen (secondary N) is 1. The highest BCUT2D eigenvalue weighted by atomic mass is 16.5. The molecule has 30 heavy (non-hydrogen) atoms. The first-order chi connectivity index (χ1) is 14.7. The van der Waals surface area contributed by atoms with Crippen molar-refractivity contribution in [1.29, 1.82) is 0 Å². The number of hydrogen-bond donors (Lipinski definition) is 1. The van der Waals surface area contributed by atoms with Crippen molar-refractivity contribution < 1.29 is 19.2 Å². The minimum Gasteiger partial charge on any atom is -0.496 e. The molecule has 4 rings (SSSR count). The Hall–Kier alpha value is -3.31. The summed E-state index contributed by atoms with van der Waals surface area (Å²) in [6.07, 6.45) is 0. The van der Waals surface area contributed by atoms with Crippen LogP contribution in [-0.4, -0.2) is 44.1 Å². The van der Waals surface area contributed by atoms with Gasteiger partial charge in [-0.1, -0.05) is 42.5 Å². The van der Waals surface area contributed by atoms with E-state index in [1.165, 1.54) is 10.5 Å². The molecule has 1 amide bonds. The number of benzene rings is 3. The van der Waals surface area contributed by atoms with E-state index in [0.717, 1.165) is 44.2 Å². The van der Waals surface area contributed by atoms with Crippen molar-refractivity contribution in [2.75, 3.05) is 33.3 Å². The maximum absolute atomic E-state index is 12.9. The second kappa shape index (κ2) is 9.46. The first-order valence-corrected chi connectivity index (χ1v) is 10.3. The van der Waals surface area contributed by atoms with Crippen molar-refractivity contribution in [1.82, 2.24) is 4.90 Å². The molecule has 1 heterocycles. The molecule has 5 nitrogen and oxygen atoms in total. The molecule has 1 saturated heterocycles. The average molecular weight is 404 g/mol. The zero-order chi connectivity index (χ0) is 20.8. The van der Waals surface area contributed by atoms with Crippen molar-refractivity contribution in [2.45, 2.75) is 6.54 Å². The van der Waals surface area contributed by atoms with Gasteiger partial charge in [-0.05, 0) is 36.4 Å². The van der Waals surface area contributed by atoms with E-state index >= 15 is 0 Å². The Bertz CT molecular complexity index is 982. The molecular weight excluding hydrogens is 376 g/mol. The summed E-state index contributed by atoms with van der Waals surface area (Å²) < 4.78 is 11.3. The van der Waals surface area contributed by atoms with Gasteiger partial charge >= 0.3 is 0 Å². The molecule has 0 aliphatic carbocycles. The number of hydrogen-bond acceptors (Lipinski definition) is 3. The minimum atomic E-state index is 0.0461. The number of nitrogens with zero attached hydrogens (tertiary/aromatic N) is 1. The third kappa shape index (κ3) is 4.81. The molecule has 0 bridgehead atoms. The minimum absolute atomic E-state index is 0.0461. The molecule has 1 fully saturated rings. The van der Waals surface area contributed by atoms with Crippen LogP contribution in [0.4, 0.5) is 0 Å². The lowest BCUT2D eigenvalue weighted by atomic mass is 10.1. The summed E-state index contributed by atoms with van der Waals surface area (Å²) in [5.74, 6) is 2.37. The lowest BCUT2D eigenvalue weighted by Crippen LogP contribution is -3.13. The molecule has 0 spiro atoms. The molecule has 154 valence electrons. The maximum atomic E-state index is 12.9. The van der Waals surface area contributed by atoms with E-state index in [1.807, 2.05) is 71.6 Å². The number of quaternary nitrogens is 1. The van der Waals surface area contributed by atoms with Crippen LogP contribution in [0.5, 0.6) is 17.2 Å². The van der Waals surface area contributed by atoms with Crippen molar-refractivity contribution in [3.05, 3.63) is 90.0 Å². The molecule has 3 aromatic rings. The van der Waals surface area contributed by atoms with E-state index in [1.54, 1.807) is 7.11 Å². The highest BCUT2D eigenvalue weighted by molar-refractivity contribution is 5.97. The first kappa shape index (κ1) is 20.0. The summed E-state index contributed by atoms with van der Waals surface area (Å²) in [6, 6.07) is 25.5. The van der Waals surface area contributed by atoms with Crippen LogP contribution in [0.15, 0.2) is 78.9 Å². The summed E-state index contributed by atoms with van der Waals surface area (Å²) in [4.78, 5) is 16.3. The average Bonchev–Trinajstić information content (AvgIpc) is 2.80. The fourth-order valence-electron chi connectivity index (χ4n) is 3.83. The zero-order valence-corrected chi connectivity index (χ0v) is 17.2. The lowest BCUT2D eigenvalue weighted by Gasteiger charge is -2.32. The van der Waals surface area contributed by atoms with Crippen LogP contribution in [0.2, 0.25) is 0 Å². The van der Waals surface area contributed by atoms with Gasteiger partial charge in [0.15, 0.2) is 0 Å². The number of ether oxygens (including phenoxy) is 2. The van der Waals surface area contributed by atoms with Crippen LogP contribution in [0.3, 0.4) is 0 Å². The molecular formula is C25H27N2O3+. The Morgan fingerprint density at radius 2 is 1.60 bits per heavy atom. The van der Waals surface area contributed by atoms with E-state index in [-0.39, 0.29) is 5.91 Å². The second-order valence-corrected chi connectivity index (χ2v) is 7.48. The van der Waals surface area contributed by atoms with Crippen molar-refractivity contribution in [3.63, 3.8) is 0 Å². The van der Waals surface area contributed by atoms with Crippen LogP contribution in [0.25, 0.3) is 0 Å². The normalized spacial score (nSPS) is 14.4. The third-order valence-electron chi connectivity index (χ3n) is 5.43. The molecule has 0 aromatic heterocycles. The number of rotatable bonds is 6. The quantitative estimate of drug-likeness (QED) is 0.688. The Morgan fingerprint density at radius 1 is 0.900 bits per heavy atom. The van der Waals surface area contributed by atoms with Gasteiger partial charge in [-0.25, -0.2) is 0 Å². The highest BCUT2D eigenvalue weighted by Crippen LogP contribution is 2.22. The van der Waals surface area contributed by atoms with Gasteiger partial charge in [0.05, 0.1) is 38.9 Å². The highest BCUT2D eigenvalue weighted by Gasteiger charge is 2.26. The van der Waals surface area contributed by atoms with Gasteiger partial charge in [0.1, 0.15) is 23.8 Å². The predicted molar refractivity (Wildman–Crippen MR) is 116 cm³/mol. The predicted octanol–water partition coefficient (Wildman–Crippen LogP) is 3.03. The lowest BCUT2D eigenvalue weighted by molar-refractivity contribution is -0.917. The molecule has 0 atom stereocenters. The van der Waals surface area contributed by atoms with Gasteiger partial charge in [0.2, 0.25) is 0 Å². The summed E-state index contributed by atoms with van der Waals surface area (Å²) in [7, 11) is 1.60. The standard InChI is InChI=1S/C25H26N2O3/c1-29-24-13-6-5-12-23(24)25(28)27-16-14-26(15-17-27)19-20-8-7-11-22(18-20)30-21-9-3-2-4-10-21/h2-13,18H,14-17,19H2,1H3/p+1. The Kier molecular flexibility index (Phi) is 6.30.